The zero-order valence-electron chi connectivity index (χ0n) is 13.1. The van der Waals surface area contributed by atoms with Gasteiger partial charge in [0.25, 0.3) is 5.91 Å². The predicted molar refractivity (Wildman–Crippen MR) is 89.5 cm³/mol. The fraction of sp³-hybridized carbons (Fsp3) is 0.278. The summed E-state index contributed by atoms with van der Waals surface area (Å²) in [7, 11) is 0. The molecule has 1 aliphatic carbocycles. The fourth-order valence-electron chi connectivity index (χ4n) is 2.75. The summed E-state index contributed by atoms with van der Waals surface area (Å²) in [4.78, 5) is 21.0. The van der Waals surface area contributed by atoms with Crippen LogP contribution in [0.25, 0.3) is 11.2 Å². The van der Waals surface area contributed by atoms with Crippen molar-refractivity contribution in [3.63, 3.8) is 0 Å². The number of aliphatic hydroxyl groups is 1. The van der Waals surface area contributed by atoms with Crippen molar-refractivity contribution in [1.82, 2.24) is 19.9 Å². The summed E-state index contributed by atoms with van der Waals surface area (Å²) in [6, 6.07) is 11.5. The van der Waals surface area contributed by atoms with Gasteiger partial charge in [-0.25, -0.2) is 9.97 Å². The number of carbonyl (C=O) groups excluding carboxylic acids is 1. The largest absolute Gasteiger partial charge is 0.387 e. The van der Waals surface area contributed by atoms with Gasteiger partial charge < -0.3 is 15.0 Å². The van der Waals surface area contributed by atoms with Crippen molar-refractivity contribution in [2.24, 2.45) is 0 Å². The molecule has 1 saturated carbocycles. The van der Waals surface area contributed by atoms with E-state index in [0.29, 0.717) is 11.6 Å². The Labute approximate surface area is 139 Å². The number of rotatable bonds is 5. The zero-order valence-corrected chi connectivity index (χ0v) is 13.1. The molecule has 0 saturated heterocycles. The van der Waals surface area contributed by atoms with Gasteiger partial charge in [0, 0.05) is 18.8 Å². The van der Waals surface area contributed by atoms with Crippen LogP contribution in [-0.4, -0.2) is 32.1 Å². The van der Waals surface area contributed by atoms with E-state index in [0.717, 1.165) is 29.6 Å². The van der Waals surface area contributed by atoms with Crippen LogP contribution in [0.2, 0.25) is 0 Å². The van der Waals surface area contributed by atoms with Crippen LogP contribution in [0.1, 0.15) is 40.9 Å². The molecular formula is C18H18N4O2. The summed E-state index contributed by atoms with van der Waals surface area (Å²) >= 11 is 0. The highest BCUT2D eigenvalue weighted by Gasteiger charge is 2.25. The molecule has 1 fully saturated rings. The number of hydrogen-bond acceptors (Lipinski definition) is 4. The number of pyridine rings is 1. The number of aromatic nitrogens is 3. The third kappa shape index (κ3) is 2.88. The molecular weight excluding hydrogens is 304 g/mol. The quantitative estimate of drug-likeness (QED) is 0.755. The minimum atomic E-state index is -0.735. The second kappa shape index (κ2) is 6.05. The van der Waals surface area contributed by atoms with Gasteiger partial charge in [0.15, 0.2) is 5.65 Å². The van der Waals surface area contributed by atoms with E-state index in [1.807, 2.05) is 30.3 Å². The van der Waals surface area contributed by atoms with E-state index in [9.17, 15) is 9.90 Å². The monoisotopic (exact) mass is 322 g/mol. The Morgan fingerprint density at radius 1 is 1.29 bits per heavy atom. The number of imidazole rings is 1. The molecule has 1 aliphatic rings. The highest BCUT2D eigenvalue weighted by molar-refractivity contribution is 5.96. The van der Waals surface area contributed by atoms with Gasteiger partial charge >= 0.3 is 0 Å². The van der Waals surface area contributed by atoms with Crippen LogP contribution in [-0.2, 0) is 0 Å². The predicted octanol–water partition coefficient (Wildman–Crippen LogP) is 2.23. The molecule has 122 valence electrons. The SMILES string of the molecule is O=C(NCC(O)c1ccccc1)c1cnc2c(c1)ncn2C1CC1. The Morgan fingerprint density at radius 2 is 2.08 bits per heavy atom. The van der Waals surface area contributed by atoms with Crippen LogP contribution in [0, 0.1) is 0 Å². The topological polar surface area (TPSA) is 80.0 Å². The molecule has 0 bridgehead atoms. The second-order valence-corrected chi connectivity index (χ2v) is 6.09. The lowest BCUT2D eigenvalue weighted by molar-refractivity contribution is 0.0916. The first-order chi connectivity index (χ1) is 11.7. The first-order valence-electron chi connectivity index (χ1n) is 8.06. The second-order valence-electron chi connectivity index (χ2n) is 6.09. The van der Waals surface area contributed by atoms with E-state index in [-0.39, 0.29) is 12.5 Å². The highest BCUT2D eigenvalue weighted by Crippen LogP contribution is 2.36. The Hall–Kier alpha value is -2.73. The number of carbonyl (C=O) groups is 1. The van der Waals surface area contributed by atoms with Gasteiger partial charge in [0.05, 0.1) is 18.0 Å². The Morgan fingerprint density at radius 3 is 2.83 bits per heavy atom. The molecule has 24 heavy (non-hydrogen) atoms. The Bertz CT molecular complexity index is 871. The van der Waals surface area contributed by atoms with Crippen LogP contribution in [0.15, 0.2) is 48.9 Å². The molecule has 1 atom stereocenters. The van der Waals surface area contributed by atoms with E-state index in [4.69, 9.17) is 0 Å². The minimum absolute atomic E-state index is 0.150. The van der Waals surface area contributed by atoms with E-state index in [1.54, 1.807) is 18.6 Å². The lowest BCUT2D eigenvalue weighted by Gasteiger charge is -2.12. The molecule has 1 aromatic carbocycles. The smallest absolute Gasteiger partial charge is 0.253 e. The van der Waals surface area contributed by atoms with Crippen LogP contribution >= 0.6 is 0 Å². The number of aliphatic hydroxyl groups excluding tert-OH is 1. The average molecular weight is 322 g/mol. The number of amides is 1. The summed E-state index contributed by atoms with van der Waals surface area (Å²) in [5.74, 6) is -0.264. The fourth-order valence-corrected chi connectivity index (χ4v) is 2.75. The first kappa shape index (κ1) is 14.8. The van der Waals surface area contributed by atoms with Crippen molar-refractivity contribution < 1.29 is 9.90 Å². The van der Waals surface area contributed by atoms with E-state index in [2.05, 4.69) is 19.9 Å². The van der Waals surface area contributed by atoms with Crippen molar-refractivity contribution >= 4 is 17.1 Å². The van der Waals surface area contributed by atoms with E-state index >= 15 is 0 Å². The van der Waals surface area contributed by atoms with Gasteiger partial charge in [-0.15, -0.1) is 0 Å². The normalized spacial score (nSPS) is 15.4. The number of fused-ring (bicyclic) bond motifs is 1. The highest BCUT2D eigenvalue weighted by atomic mass is 16.3. The van der Waals surface area contributed by atoms with Gasteiger partial charge in [0.2, 0.25) is 0 Å². The van der Waals surface area contributed by atoms with Crippen molar-refractivity contribution in [3.8, 4) is 0 Å². The molecule has 6 nitrogen and oxygen atoms in total. The summed E-state index contributed by atoms with van der Waals surface area (Å²) in [5, 5.41) is 12.9. The van der Waals surface area contributed by atoms with Crippen molar-refractivity contribution in [2.75, 3.05) is 6.54 Å². The molecule has 1 unspecified atom stereocenters. The summed E-state index contributed by atoms with van der Waals surface area (Å²) in [6.45, 7) is 0.150. The molecule has 3 aromatic rings. The van der Waals surface area contributed by atoms with Gasteiger partial charge in [-0.2, -0.15) is 0 Å². The lowest BCUT2D eigenvalue weighted by Crippen LogP contribution is -2.28. The Kier molecular flexibility index (Phi) is 3.74. The van der Waals surface area contributed by atoms with Gasteiger partial charge in [-0.1, -0.05) is 30.3 Å². The summed E-state index contributed by atoms with van der Waals surface area (Å²) < 4.78 is 2.07. The van der Waals surface area contributed by atoms with Crippen LogP contribution in [0.5, 0.6) is 0 Å². The molecule has 2 heterocycles. The maximum atomic E-state index is 12.3. The van der Waals surface area contributed by atoms with Gasteiger partial charge in [-0.3, -0.25) is 4.79 Å². The molecule has 0 spiro atoms. The number of nitrogens with one attached hydrogen (secondary N) is 1. The van der Waals surface area contributed by atoms with E-state index < -0.39 is 6.10 Å². The third-order valence-electron chi connectivity index (χ3n) is 4.26. The molecule has 2 N–H and O–H groups in total. The molecule has 4 rings (SSSR count). The van der Waals surface area contributed by atoms with Crippen molar-refractivity contribution in [3.05, 3.63) is 60.0 Å². The number of hydrogen-bond donors (Lipinski definition) is 2. The van der Waals surface area contributed by atoms with Crippen LogP contribution in [0.4, 0.5) is 0 Å². The van der Waals surface area contributed by atoms with Gasteiger partial charge in [0.1, 0.15) is 5.52 Å². The zero-order chi connectivity index (χ0) is 16.5. The summed E-state index contributed by atoms with van der Waals surface area (Å²) in [5.41, 5.74) is 2.76. The van der Waals surface area contributed by atoms with Crippen molar-refractivity contribution in [1.29, 1.82) is 0 Å². The van der Waals surface area contributed by atoms with Crippen LogP contribution < -0.4 is 5.32 Å². The lowest BCUT2D eigenvalue weighted by atomic mass is 10.1. The molecule has 6 heteroatoms. The molecule has 0 aliphatic heterocycles. The maximum Gasteiger partial charge on any atom is 0.253 e. The molecule has 0 radical (unpaired) electrons. The van der Waals surface area contributed by atoms with Crippen LogP contribution in [0.3, 0.4) is 0 Å². The Balaban J connectivity index is 1.45. The average Bonchev–Trinajstić information content (AvgIpc) is 3.39. The maximum absolute atomic E-state index is 12.3. The number of benzene rings is 1. The van der Waals surface area contributed by atoms with Crippen molar-refractivity contribution in [2.45, 2.75) is 25.0 Å². The number of nitrogens with zero attached hydrogens (tertiary/aromatic N) is 3. The molecule has 1 amide bonds. The summed E-state index contributed by atoms with van der Waals surface area (Å²) in [6.07, 6.45) is 4.93. The first-order valence-corrected chi connectivity index (χ1v) is 8.06. The minimum Gasteiger partial charge on any atom is -0.387 e. The molecule has 2 aromatic heterocycles. The third-order valence-corrected chi connectivity index (χ3v) is 4.26. The van der Waals surface area contributed by atoms with E-state index in [1.165, 1.54) is 0 Å². The van der Waals surface area contributed by atoms with Gasteiger partial charge in [-0.05, 0) is 24.5 Å². The standard InChI is InChI=1S/C18H18N4O2/c23-16(12-4-2-1-3-5-12)10-20-18(24)13-8-15-17(19-9-13)22(11-21-15)14-6-7-14/h1-5,8-9,11,14,16,23H,6-7,10H2,(H,20,24).